The number of halogens is 1. The van der Waals surface area contributed by atoms with Gasteiger partial charge in [0.05, 0.1) is 19.3 Å². The molecule has 27 heavy (non-hydrogen) atoms. The molecule has 1 heterocycles. The van der Waals surface area contributed by atoms with Crippen LogP contribution in [-0.2, 0) is 14.2 Å². The van der Waals surface area contributed by atoms with E-state index in [2.05, 4.69) is 34.8 Å². The summed E-state index contributed by atoms with van der Waals surface area (Å²) in [5.74, 6) is 1.18. The van der Waals surface area contributed by atoms with E-state index in [-0.39, 0.29) is 42.2 Å². The van der Waals surface area contributed by atoms with Crippen LogP contribution in [-0.4, -0.2) is 70.8 Å². The third kappa shape index (κ3) is 13.1. The van der Waals surface area contributed by atoms with Crippen molar-refractivity contribution >= 4 is 36.0 Å². The molecule has 1 aliphatic rings. The Morgan fingerprint density at radius 3 is 2.70 bits per heavy atom. The number of hydrogen-bond acceptors (Lipinski definition) is 5. The lowest BCUT2D eigenvalue weighted by Crippen LogP contribution is -2.47. The van der Waals surface area contributed by atoms with Crippen molar-refractivity contribution < 1.29 is 19.0 Å². The van der Waals surface area contributed by atoms with Crippen LogP contribution in [0.25, 0.3) is 0 Å². The first-order chi connectivity index (χ1) is 12.5. The molecular weight excluding hydrogens is 463 g/mol. The SMILES string of the molecule is CCOC(=O)NC(CNC(=NC)NCCCOC1CCOC1)CC(C)C.I. The van der Waals surface area contributed by atoms with Gasteiger partial charge in [-0.2, -0.15) is 0 Å². The summed E-state index contributed by atoms with van der Waals surface area (Å²) in [7, 11) is 1.73. The number of carbonyl (C=O) groups is 1. The van der Waals surface area contributed by atoms with Crippen LogP contribution in [0, 0.1) is 5.92 Å². The molecule has 0 bridgehead atoms. The van der Waals surface area contributed by atoms with E-state index in [4.69, 9.17) is 14.2 Å². The number of aliphatic imine (C=N–C) groups is 1. The van der Waals surface area contributed by atoms with Gasteiger partial charge in [-0.1, -0.05) is 13.8 Å². The third-order valence-corrected chi connectivity index (χ3v) is 3.95. The monoisotopic (exact) mass is 500 g/mol. The average Bonchev–Trinajstić information content (AvgIpc) is 3.10. The normalized spacial score (nSPS) is 18.0. The number of hydrogen-bond donors (Lipinski definition) is 3. The van der Waals surface area contributed by atoms with Gasteiger partial charge in [-0.15, -0.1) is 24.0 Å². The Bertz CT molecular complexity index is 418. The fourth-order valence-corrected chi connectivity index (χ4v) is 2.72. The highest BCUT2D eigenvalue weighted by atomic mass is 127. The van der Waals surface area contributed by atoms with Crippen LogP contribution in [0.5, 0.6) is 0 Å². The van der Waals surface area contributed by atoms with Crippen LogP contribution in [0.3, 0.4) is 0 Å². The molecule has 1 amide bonds. The van der Waals surface area contributed by atoms with Gasteiger partial charge in [0.2, 0.25) is 0 Å². The van der Waals surface area contributed by atoms with Gasteiger partial charge in [0.25, 0.3) is 0 Å². The van der Waals surface area contributed by atoms with Crippen LogP contribution < -0.4 is 16.0 Å². The summed E-state index contributed by atoms with van der Waals surface area (Å²) < 4.78 is 16.0. The van der Waals surface area contributed by atoms with E-state index < -0.39 is 0 Å². The average molecular weight is 500 g/mol. The van der Waals surface area contributed by atoms with Gasteiger partial charge in [-0.05, 0) is 32.1 Å². The van der Waals surface area contributed by atoms with Crippen LogP contribution in [0.2, 0.25) is 0 Å². The number of rotatable bonds is 11. The first-order valence-electron chi connectivity index (χ1n) is 9.62. The minimum Gasteiger partial charge on any atom is -0.450 e. The predicted octanol–water partition coefficient (Wildman–Crippen LogP) is 2.13. The molecule has 1 saturated heterocycles. The summed E-state index contributed by atoms with van der Waals surface area (Å²) >= 11 is 0. The van der Waals surface area contributed by atoms with Crippen LogP contribution in [0.15, 0.2) is 4.99 Å². The summed E-state index contributed by atoms with van der Waals surface area (Å²) in [5.41, 5.74) is 0. The zero-order valence-electron chi connectivity index (χ0n) is 17.1. The second kappa shape index (κ2) is 16.2. The highest BCUT2D eigenvalue weighted by Gasteiger charge is 2.16. The van der Waals surface area contributed by atoms with Gasteiger partial charge in [-0.25, -0.2) is 4.79 Å². The first kappa shape index (κ1) is 26.2. The first-order valence-corrected chi connectivity index (χ1v) is 9.62. The number of carbonyl (C=O) groups excluding carboxylic acids is 1. The molecule has 9 heteroatoms. The van der Waals surface area contributed by atoms with Crippen molar-refractivity contribution in [2.75, 3.05) is 46.6 Å². The molecule has 2 atom stereocenters. The zero-order valence-corrected chi connectivity index (χ0v) is 19.4. The Kier molecular flexibility index (Phi) is 15.7. The summed E-state index contributed by atoms with van der Waals surface area (Å²) in [6, 6.07) is -0.0155. The Hall–Kier alpha value is -0.810. The highest BCUT2D eigenvalue weighted by Crippen LogP contribution is 2.08. The topological polar surface area (TPSA) is 93.2 Å². The highest BCUT2D eigenvalue weighted by molar-refractivity contribution is 14.0. The molecule has 2 unspecified atom stereocenters. The molecule has 1 rings (SSSR count). The van der Waals surface area contributed by atoms with Crippen molar-refractivity contribution in [2.24, 2.45) is 10.9 Å². The van der Waals surface area contributed by atoms with E-state index in [1.807, 2.05) is 0 Å². The van der Waals surface area contributed by atoms with Crippen LogP contribution in [0.1, 0.15) is 40.0 Å². The third-order valence-electron chi connectivity index (χ3n) is 3.95. The number of nitrogens with zero attached hydrogens (tertiary/aromatic N) is 1. The molecule has 3 N–H and O–H groups in total. The molecular formula is C18H37IN4O4. The van der Waals surface area contributed by atoms with E-state index in [0.717, 1.165) is 32.4 Å². The number of amides is 1. The summed E-state index contributed by atoms with van der Waals surface area (Å²) in [4.78, 5) is 15.9. The largest absolute Gasteiger partial charge is 0.450 e. The van der Waals surface area contributed by atoms with Gasteiger partial charge in [0, 0.05) is 39.4 Å². The molecule has 1 fully saturated rings. The number of guanidine groups is 1. The minimum atomic E-state index is -0.379. The van der Waals surface area contributed by atoms with Crippen molar-refractivity contribution in [2.45, 2.75) is 52.2 Å². The molecule has 0 aromatic carbocycles. The standard InChI is InChI=1S/C18H36N4O4.HI/c1-5-25-18(23)22-15(11-14(2)3)12-21-17(19-4)20-8-6-9-26-16-7-10-24-13-16;/h14-16H,5-13H2,1-4H3,(H,22,23)(H2,19,20,21);1H. The van der Waals surface area contributed by atoms with Gasteiger partial charge >= 0.3 is 6.09 Å². The minimum absolute atomic E-state index is 0. The Morgan fingerprint density at radius 2 is 2.11 bits per heavy atom. The molecule has 0 aromatic rings. The van der Waals surface area contributed by atoms with E-state index in [1.54, 1.807) is 14.0 Å². The second-order valence-electron chi connectivity index (χ2n) is 6.78. The van der Waals surface area contributed by atoms with Gasteiger partial charge in [0.1, 0.15) is 0 Å². The van der Waals surface area contributed by atoms with Crippen molar-refractivity contribution in [3.63, 3.8) is 0 Å². The van der Waals surface area contributed by atoms with Crippen molar-refractivity contribution in [1.82, 2.24) is 16.0 Å². The summed E-state index contributed by atoms with van der Waals surface area (Å²) in [6.07, 6.45) is 2.61. The van der Waals surface area contributed by atoms with Gasteiger partial charge < -0.3 is 30.2 Å². The van der Waals surface area contributed by atoms with Crippen molar-refractivity contribution in [1.29, 1.82) is 0 Å². The molecule has 0 spiro atoms. The molecule has 8 nitrogen and oxygen atoms in total. The zero-order chi connectivity index (χ0) is 19.2. The summed E-state index contributed by atoms with van der Waals surface area (Å²) in [6.45, 7) is 10.00. The number of nitrogens with one attached hydrogen (secondary N) is 3. The van der Waals surface area contributed by atoms with E-state index >= 15 is 0 Å². The summed E-state index contributed by atoms with van der Waals surface area (Å²) in [5, 5.41) is 9.43. The maximum absolute atomic E-state index is 11.7. The predicted molar refractivity (Wildman–Crippen MR) is 118 cm³/mol. The molecule has 0 aliphatic carbocycles. The quantitative estimate of drug-likeness (QED) is 0.174. The molecule has 0 aromatic heterocycles. The number of ether oxygens (including phenoxy) is 3. The lowest BCUT2D eigenvalue weighted by Gasteiger charge is -2.22. The number of alkyl carbamates (subject to hydrolysis) is 1. The van der Waals surface area contributed by atoms with Crippen LogP contribution in [0.4, 0.5) is 4.79 Å². The van der Waals surface area contributed by atoms with E-state index in [9.17, 15) is 4.79 Å². The van der Waals surface area contributed by atoms with Gasteiger partial charge in [-0.3, -0.25) is 4.99 Å². The molecule has 160 valence electrons. The van der Waals surface area contributed by atoms with E-state index in [1.165, 1.54) is 0 Å². The van der Waals surface area contributed by atoms with E-state index in [0.29, 0.717) is 38.2 Å². The lowest BCUT2D eigenvalue weighted by molar-refractivity contribution is 0.0420. The van der Waals surface area contributed by atoms with Crippen molar-refractivity contribution in [3.8, 4) is 0 Å². The van der Waals surface area contributed by atoms with Crippen molar-refractivity contribution in [3.05, 3.63) is 0 Å². The Labute approximate surface area is 180 Å². The van der Waals surface area contributed by atoms with Crippen LogP contribution >= 0.6 is 24.0 Å². The van der Waals surface area contributed by atoms with Gasteiger partial charge in [0.15, 0.2) is 5.96 Å². The molecule has 1 aliphatic heterocycles. The molecule has 0 radical (unpaired) electrons. The maximum Gasteiger partial charge on any atom is 0.407 e. The fourth-order valence-electron chi connectivity index (χ4n) is 2.72. The lowest BCUT2D eigenvalue weighted by atomic mass is 10.0. The second-order valence-corrected chi connectivity index (χ2v) is 6.78. The maximum atomic E-state index is 11.7. The fraction of sp³-hybridized carbons (Fsp3) is 0.889. The molecule has 0 saturated carbocycles. The Balaban J connectivity index is 0.00000676. The smallest absolute Gasteiger partial charge is 0.407 e. The Morgan fingerprint density at radius 1 is 1.33 bits per heavy atom.